The van der Waals surface area contributed by atoms with Crippen molar-refractivity contribution >= 4 is 0 Å². The van der Waals surface area contributed by atoms with Crippen molar-refractivity contribution in [3.63, 3.8) is 0 Å². The van der Waals surface area contributed by atoms with Gasteiger partial charge in [-0.2, -0.15) is 0 Å². The van der Waals surface area contributed by atoms with E-state index in [2.05, 4.69) is 24.2 Å². The third-order valence-electron chi connectivity index (χ3n) is 2.73. The summed E-state index contributed by atoms with van der Waals surface area (Å²) >= 11 is 0. The number of nitrogens with zero attached hydrogens (tertiary/aromatic N) is 1. The maximum Gasteiger partial charge on any atom is 0.0332 e. The fraction of sp³-hybridized carbons (Fsp3) is 0.778. The molecule has 1 heteroatoms. The summed E-state index contributed by atoms with van der Waals surface area (Å²) in [6, 6.07) is 0.871. The molecule has 1 aliphatic carbocycles. The van der Waals surface area contributed by atoms with E-state index in [9.17, 15) is 0 Å². The second-order valence-corrected chi connectivity index (χ2v) is 3.66. The normalized spacial score (nSPS) is 38.3. The van der Waals surface area contributed by atoms with E-state index in [-0.39, 0.29) is 0 Å². The van der Waals surface area contributed by atoms with Crippen LogP contribution in [-0.2, 0) is 0 Å². The van der Waals surface area contributed by atoms with E-state index in [0.29, 0.717) is 0 Å². The van der Waals surface area contributed by atoms with Crippen LogP contribution in [0, 0.1) is 5.92 Å². The molecular formula is C9H15N. The van der Waals surface area contributed by atoms with E-state index in [1.807, 2.05) is 0 Å². The Labute approximate surface area is 62.7 Å². The summed E-state index contributed by atoms with van der Waals surface area (Å²) in [4.78, 5) is 2.37. The summed E-state index contributed by atoms with van der Waals surface area (Å²) in [5.41, 5.74) is 0. The molecule has 0 radical (unpaired) electrons. The van der Waals surface area contributed by atoms with Gasteiger partial charge in [0.1, 0.15) is 0 Å². The molecule has 0 aromatic heterocycles. The van der Waals surface area contributed by atoms with Crippen LogP contribution in [0.4, 0.5) is 0 Å². The van der Waals surface area contributed by atoms with Gasteiger partial charge in [-0.05, 0) is 31.6 Å². The van der Waals surface area contributed by atoms with Crippen molar-refractivity contribution in [1.82, 2.24) is 4.90 Å². The van der Waals surface area contributed by atoms with Gasteiger partial charge in [0.2, 0.25) is 0 Å². The molecule has 0 aromatic rings. The molecule has 56 valence electrons. The summed E-state index contributed by atoms with van der Waals surface area (Å²) in [6.45, 7) is 2.37. The first-order chi connectivity index (χ1) is 4.86. The second kappa shape index (κ2) is 2.30. The molecular weight excluding hydrogens is 122 g/mol. The van der Waals surface area contributed by atoms with Gasteiger partial charge in [-0.3, -0.25) is 0 Å². The van der Waals surface area contributed by atoms with Crippen LogP contribution < -0.4 is 0 Å². The Bertz CT molecular complexity index is 137. The van der Waals surface area contributed by atoms with Crippen molar-refractivity contribution in [2.45, 2.75) is 38.6 Å². The lowest BCUT2D eigenvalue weighted by Crippen LogP contribution is -2.24. The molecule has 1 nitrogen and oxygen atoms in total. The molecule has 1 heterocycles. The molecule has 10 heavy (non-hydrogen) atoms. The van der Waals surface area contributed by atoms with Crippen LogP contribution in [0.25, 0.3) is 0 Å². The van der Waals surface area contributed by atoms with Gasteiger partial charge >= 0.3 is 0 Å². The fourth-order valence-electron chi connectivity index (χ4n) is 1.82. The first-order valence-corrected chi connectivity index (χ1v) is 4.32. The van der Waals surface area contributed by atoms with Gasteiger partial charge in [-0.1, -0.05) is 6.92 Å². The minimum Gasteiger partial charge on any atom is -0.348 e. The highest BCUT2D eigenvalue weighted by Gasteiger charge is 2.24. The van der Waals surface area contributed by atoms with Crippen molar-refractivity contribution < 1.29 is 0 Å². The third kappa shape index (κ3) is 1.18. The molecule has 1 saturated carbocycles. The Morgan fingerprint density at radius 1 is 1.10 bits per heavy atom. The van der Waals surface area contributed by atoms with Gasteiger partial charge in [-0.25, -0.2) is 0 Å². The van der Waals surface area contributed by atoms with Gasteiger partial charge < -0.3 is 4.90 Å². The zero-order valence-corrected chi connectivity index (χ0v) is 6.59. The molecule has 1 aliphatic heterocycles. The van der Waals surface area contributed by atoms with Crippen LogP contribution in [0.2, 0.25) is 0 Å². The van der Waals surface area contributed by atoms with E-state index in [0.717, 1.165) is 12.0 Å². The van der Waals surface area contributed by atoms with Crippen LogP contribution in [-0.4, -0.2) is 10.9 Å². The first-order valence-electron chi connectivity index (χ1n) is 4.32. The van der Waals surface area contributed by atoms with Crippen LogP contribution in [0.15, 0.2) is 12.4 Å². The van der Waals surface area contributed by atoms with E-state index in [4.69, 9.17) is 0 Å². The van der Waals surface area contributed by atoms with Gasteiger partial charge in [0.05, 0.1) is 0 Å². The fourth-order valence-corrected chi connectivity index (χ4v) is 1.82. The highest BCUT2D eigenvalue weighted by molar-refractivity contribution is 5.05. The van der Waals surface area contributed by atoms with Crippen molar-refractivity contribution in [3.8, 4) is 0 Å². The van der Waals surface area contributed by atoms with E-state index < -0.39 is 0 Å². The molecule has 0 unspecified atom stereocenters. The lowest BCUT2D eigenvalue weighted by atomic mass is 9.87. The van der Waals surface area contributed by atoms with Gasteiger partial charge in [-0.15, -0.1) is 0 Å². The Hall–Kier alpha value is -0.460. The van der Waals surface area contributed by atoms with Gasteiger partial charge in [0, 0.05) is 18.4 Å². The van der Waals surface area contributed by atoms with E-state index in [1.165, 1.54) is 25.7 Å². The molecule has 0 amide bonds. The second-order valence-electron chi connectivity index (χ2n) is 3.66. The summed E-state index contributed by atoms with van der Waals surface area (Å²) in [5, 5.41) is 0. The zero-order chi connectivity index (χ0) is 6.97. The summed E-state index contributed by atoms with van der Waals surface area (Å²) in [7, 11) is 0. The average Bonchev–Trinajstić information content (AvgIpc) is 2.71. The van der Waals surface area contributed by atoms with Crippen molar-refractivity contribution in [3.05, 3.63) is 12.4 Å². The largest absolute Gasteiger partial charge is 0.348 e. The van der Waals surface area contributed by atoms with Crippen LogP contribution in [0.3, 0.4) is 0 Å². The third-order valence-corrected chi connectivity index (χ3v) is 2.73. The molecule has 0 atom stereocenters. The maximum atomic E-state index is 2.37. The number of rotatable bonds is 1. The number of hydrogen-bond donors (Lipinski definition) is 0. The predicted octanol–water partition coefficient (Wildman–Crippen LogP) is 2.35. The molecule has 0 saturated heterocycles. The molecule has 0 bridgehead atoms. The van der Waals surface area contributed by atoms with E-state index >= 15 is 0 Å². The SMILES string of the molecule is CC1CCC(N2C=C2)CC1. The van der Waals surface area contributed by atoms with Crippen LogP contribution in [0.1, 0.15) is 32.6 Å². The molecule has 1 fully saturated rings. The predicted molar refractivity (Wildman–Crippen MR) is 42.4 cm³/mol. The first kappa shape index (κ1) is 6.26. The topological polar surface area (TPSA) is 3.01 Å². The van der Waals surface area contributed by atoms with Crippen molar-refractivity contribution in [2.75, 3.05) is 0 Å². The maximum absolute atomic E-state index is 2.37. The Kier molecular flexibility index (Phi) is 1.44. The molecule has 0 spiro atoms. The lowest BCUT2D eigenvalue weighted by Gasteiger charge is -2.27. The zero-order valence-electron chi connectivity index (χ0n) is 6.59. The number of hydrogen-bond acceptors (Lipinski definition) is 1. The summed E-state index contributed by atoms with van der Waals surface area (Å²) in [6.07, 6.45) is 10.1. The minimum atomic E-state index is 0.871. The lowest BCUT2D eigenvalue weighted by molar-refractivity contribution is 0.267. The van der Waals surface area contributed by atoms with Gasteiger partial charge in [0.25, 0.3) is 0 Å². The monoisotopic (exact) mass is 137 g/mol. The van der Waals surface area contributed by atoms with Crippen LogP contribution >= 0.6 is 0 Å². The highest BCUT2D eigenvalue weighted by Crippen LogP contribution is 2.30. The Morgan fingerprint density at radius 3 is 2.20 bits per heavy atom. The Balaban J connectivity index is 1.79. The average molecular weight is 137 g/mol. The highest BCUT2D eigenvalue weighted by atomic mass is 15.2. The van der Waals surface area contributed by atoms with Crippen LogP contribution in [0.5, 0.6) is 0 Å². The standard InChI is InChI=1S/C9H15N/c1-8-2-4-9(5-3-8)10-6-7-10/h6-9H,2-5H2,1H3. The Morgan fingerprint density at radius 2 is 1.70 bits per heavy atom. The quantitative estimate of drug-likeness (QED) is 0.536. The van der Waals surface area contributed by atoms with Crippen molar-refractivity contribution in [1.29, 1.82) is 0 Å². The molecule has 2 aliphatic rings. The summed E-state index contributed by atoms with van der Waals surface area (Å²) in [5.74, 6) is 0.983. The molecule has 2 rings (SSSR count). The van der Waals surface area contributed by atoms with Crippen molar-refractivity contribution in [2.24, 2.45) is 5.92 Å². The van der Waals surface area contributed by atoms with Gasteiger partial charge in [0.15, 0.2) is 0 Å². The smallest absolute Gasteiger partial charge is 0.0332 e. The minimum absolute atomic E-state index is 0.871. The summed E-state index contributed by atoms with van der Waals surface area (Å²) < 4.78 is 0. The molecule has 0 N–H and O–H groups in total. The van der Waals surface area contributed by atoms with E-state index in [1.54, 1.807) is 0 Å². The molecule has 0 aromatic carbocycles.